The third kappa shape index (κ3) is 5.92. The largest absolute Gasteiger partial charge is 0.497 e. The predicted molar refractivity (Wildman–Crippen MR) is 136 cm³/mol. The molecule has 1 aromatic carbocycles. The third-order valence-corrected chi connectivity index (χ3v) is 7.53. The van der Waals surface area contributed by atoms with Gasteiger partial charge in [0.05, 0.1) is 29.2 Å². The molecule has 0 bridgehead atoms. The summed E-state index contributed by atoms with van der Waals surface area (Å²) < 4.78 is 5.32. The van der Waals surface area contributed by atoms with Crippen LogP contribution in [0, 0.1) is 5.41 Å². The standard InChI is InChI=1S/C27H32ClN3O4/c1-35-20-6-7-23-21(16-20)25(22(28)18-30-23)24(32)8-9-27(26(33)34)10-14-31(15-11-27)13-3-5-19-4-2-12-29-17-19/h2,4,6-7,12,16-18,24,32H,3,5,8-11,13-15H2,1H3,(H,33,34). The van der Waals surface area contributed by atoms with E-state index in [4.69, 9.17) is 16.3 Å². The van der Waals surface area contributed by atoms with Gasteiger partial charge in [0.2, 0.25) is 0 Å². The van der Waals surface area contributed by atoms with Crippen molar-refractivity contribution >= 4 is 28.5 Å². The number of aryl methyl sites for hydroxylation is 1. The van der Waals surface area contributed by atoms with Crippen LogP contribution in [0.3, 0.4) is 0 Å². The number of aliphatic hydroxyl groups excluding tert-OH is 1. The third-order valence-electron chi connectivity index (χ3n) is 7.23. The molecule has 7 nitrogen and oxygen atoms in total. The fraction of sp³-hybridized carbons (Fsp3) is 0.444. The number of hydrogen-bond acceptors (Lipinski definition) is 6. The summed E-state index contributed by atoms with van der Waals surface area (Å²) in [6.45, 7) is 2.42. The van der Waals surface area contributed by atoms with E-state index >= 15 is 0 Å². The molecule has 186 valence electrons. The van der Waals surface area contributed by atoms with Gasteiger partial charge in [-0.3, -0.25) is 14.8 Å². The number of aliphatic hydroxyl groups is 1. The maximum absolute atomic E-state index is 12.3. The molecule has 0 aliphatic carbocycles. The number of rotatable bonds is 10. The maximum Gasteiger partial charge on any atom is 0.309 e. The molecule has 4 rings (SSSR count). The maximum atomic E-state index is 12.3. The van der Waals surface area contributed by atoms with Crippen molar-refractivity contribution in [3.63, 3.8) is 0 Å². The Morgan fingerprint density at radius 3 is 2.74 bits per heavy atom. The zero-order chi connectivity index (χ0) is 24.8. The number of likely N-dealkylation sites (tertiary alicyclic amines) is 1. The Morgan fingerprint density at radius 2 is 2.06 bits per heavy atom. The van der Waals surface area contributed by atoms with E-state index < -0.39 is 17.5 Å². The summed E-state index contributed by atoms with van der Waals surface area (Å²) >= 11 is 6.43. The highest BCUT2D eigenvalue weighted by atomic mass is 35.5. The molecule has 1 atom stereocenters. The van der Waals surface area contributed by atoms with E-state index in [9.17, 15) is 15.0 Å². The lowest BCUT2D eigenvalue weighted by Crippen LogP contribution is -2.44. The molecule has 1 aliphatic rings. The topological polar surface area (TPSA) is 95.8 Å². The summed E-state index contributed by atoms with van der Waals surface area (Å²) in [6, 6.07) is 9.47. The van der Waals surface area contributed by atoms with E-state index in [0.717, 1.165) is 37.9 Å². The lowest BCUT2D eigenvalue weighted by molar-refractivity contribution is -0.153. The SMILES string of the molecule is COc1ccc2ncc(Cl)c(C(O)CCC3(C(=O)O)CCN(CCCc4cccnc4)CC3)c2c1. The molecule has 1 unspecified atom stereocenters. The lowest BCUT2D eigenvalue weighted by Gasteiger charge is -2.39. The molecular weight excluding hydrogens is 466 g/mol. The molecule has 1 saturated heterocycles. The van der Waals surface area contributed by atoms with Crippen molar-refractivity contribution in [2.75, 3.05) is 26.7 Å². The molecule has 0 amide bonds. The number of ether oxygens (including phenoxy) is 1. The molecule has 0 spiro atoms. The van der Waals surface area contributed by atoms with Gasteiger partial charge < -0.3 is 19.8 Å². The van der Waals surface area contributed by atoms with Crippen LogP contribution in [0.25, 0.3) is 10.9 Å². The lowest BCUT2D eigenvalue weighted by atomic mass is 9.74. The Kier molecular flexibility index (Phi) is 8.21. The number of piperidine rings is 1. The van der Waals surface area contributed by atoms with Crippen molar-refractivity contribution in [3.8, 4) is 5.75 Å². The number of aromatic nitrogens is 2. The molecular formula is C27H32ClN3O4. The Morgan fingerprint density at radius 1 is 1.26 bits per heavy atom. The minimum absolute atomic E-state index is 0.309. The van der Waals surface area contributed by atoms with Crippen molar-refractivity contribution < 1.29 is 19.7 Å². The molecule has 0 radical (unpaired) electrons. The molecule has 2 N–H and O–H groups in total. The number of carboxylic acid groups (broad SMARTS) is 1. The summed E-state index contributed by atoms with van der Waals surface area (Å²) in [7, 11) is 1.58. The van der Waals surface area contributed by atoms with E-state index in [0.29, 0.717) is 47.5 Å². The smallest absolute Gasteiger partial charge is 0.309 e. The number of hydrogen-bond donors (Lipinski definition) is 2. The molecule has 8 heteroatoms. The number of benzene rings is 1. The molecule has 0 saturated carbocycles. The van der Waals surface area contributed by atoms with Gasteiger partial charge in [-0.2, -0.15) is 0 Å². The van der Waals surface area contributed by atoms with E-state index in [2.05, 4.69) is 20.9 Å². The van der Waals surface area contributed by atoms with Crippen LogP contribution in [0.4, 0.5) is 0 Å². The Labute approximate surface area is 210 Å². The Balaban J connectivity index is 1.38. The van der Waals surface area contributed by atoms with Gasteiger partial charge in [-0.25, -0.2) is 0 Å². The monoisotopic (exact) mass is 497 g/mol. The molecule has 1 fully saturated rings. The number of nitrogens with zero attached hydrogens (tertiary/aromatic N) is 3. The highest BCUT2D eigenvalue weighted by Gasteiger charge is 2.41. The minimum Gasteiger partial charge on any atom is -0.497 e. The second-order valence-corrected chi connectivity index (χ2v) is 9.76. The van der Waals surface area contributed by atoms with Crippen LogP contribution in [0.2, 0.25) is 5.02 Å². The first-order valence-electron chi connectivity index (χ1n) is 12.1. The van der Waals surface area contributed by atoms with Crippen LogP contribution in [0.15, 0.2) is 48.9 Å². The van der Waals surface area contributed by atoms with Crippen LogP contribution in [0.1, 0.15) is 49.3 Å². The van der Waals surface area contributed by atoms with Gasteiger partial charge in [0.1, 0.15) is 5.75 Å². The number of carbonyl (C=O) groups is 1. The predicted octanol–water partition coefficient (Wildman–Crippen LogP) is 4.91. The van der Waals surface area contributed by atoms with Gasteiger partial charge in [-0.05, 0) is 88.0 Å². The van der Waals surface area contributed by atoms with Gasteiger partial charge in [-0.1, -0.05) is 17.7 Å². The van der Waals surface area contributed by atoms with Crippen molar-refractivity contribution in [2.24, 2.45) is 5.41 Å². The molecule has 2 aromatic heterocycles. The average molecular weight is 498 g/mol. The van der Waals surface area contributed by atoms with Gasteiger partial charge >= 0.3 is 5.97 Å². The Hall–Kier alpha value is -2.74. The van der Waals surface area contributed by atoms with Crippen LogP contribution in [0.5, 0.6) is 5.75 Å². The summed E-state index contributed by atoms with van der Waals surface area (Å²) in [5.74, 6) is -0.139. The van der Waals surface area contributed by atoms with E-state index in [1.807, 2.05) is 30.5 Å². The van der Waals surface area contributed by atoms with E-state index in [1.165, 1.54) is 11.8 Å². The number of aliphatic carboxylic acids is 1. The van der Waals surface area contributed by atoms with Crippen LogP contribution in [-0.4, -0.2) is 57.8 Å². The number of fused-ring (bicyclic) bond motifs is 1. The first-order chi connectivity index (χ1) is 16.9. The second kappa shape index (κ2) is 11.3. The molecule has 1 aliphatic heterocycles. The quantitative estimate of drug-likeness (QED) is 0.411. The van der Waals surface area contributed by atoms with Crippen LogP contribution >= 0.6 is 11.6 Å². The number of pyridine rings is 2. The van der Waals surface area contributed by atoms with Crippen molar-refractivity contribution in [3.05, 3.63) is 65.1 Å². The summed E-state index contributed by atoms with van der Waals surface area (Å²) in [5, 5.41) is 22.3. The highest BCUT2D eigenvalue weighted by molar-refractivity contribution is 6.32. The fourth-order valence-corrected chi connectivity index (χ4v) is 5.30. The molecule has 3 heterocycles. The first-order valence-corrected chi connectivity index (χ1v) is 12.4. The van der Waals surface area contributed by atoms with Crippen LogP contribution < -0.4 is 4.74 Å². The summed E-state index contributed by atoms with van der Waals surface area (Å²) in [5.41, 5.74) is 1.66. The highest BCUT2D eigenvalue weighted by Crippen LogP contribution is 2.41. The van der Waals surface area contributed by atoms with Gasteiger partial charge in [-0.15, -0.1) is 0 Å². The number of halogens is 1. The fourth-order valence-electron chi connectivity index (χ4n) is 5.02. The van der Waals surface area contributed by atoms with Crippen molar-refractivity contribution in [2.45, 2.75) is 44.6 Å². The first kappa shape index (κ1) is 25.4. The van der Waals surface area contributed by atoms with Gasteiger partial charge in [0.25, 0.3) is 0 Å². The van der Waals surface area contributed by atoms with Gasteiger partial charge in [0.15, 0.2) is 0 Å². The zero-order valence-corrected chi connectivity index (χ0v) is 20.7. The second-order valence-electron chi connectivity index (χ2n) is 9.35. The summed E-state index contributed by atoms with van der Waals surface area (Å²) in [4.78, 5) is 23.2. The van der Waals surface area contributed by atoms with Crippen molar-refractivity contribution in [1.82, 2.24) is 14.9 Å². The molecule has 3 aromatic rings. The number of methoxy groups -OCH3 is 1. The normalized spacial score (nSPS) is 16.8. The number of carboxylic acids is 1. The van der Waals surface area contributed by atoms with Crippen molar-refractivity contribution in [1.29, 1.82) is 0 Å². The summed E-state index contributed by atoms with van der Waals surface area (Å²) in [6.07, 6.45) is 8.12. The van der Waals surface area contributed by atoms with E-state index in [-0.39, 0.29) is 0 Å². The Bertz CT molecular complexity index is 1150. The van der Waals surface area contributed by atoms with Gasteiger partial charge in [0, 0.05) is 29.5 Å². The average Bonchev–Trinajstić information content (AvgIpc) is 2.88. The molecule has 35 heavy (non-hydrogen) atoms. The van der Waals surface area contributed by atoms with Crippen LogP contribution in [-0.2, 0) is 11.2 Å². The zero-order valence-electron chi connectivity index (χ0n) is 20.0. The van der Waals surface area contributed by atoms with E-state index in [1.54, 1.807) is 13.3 Å². The minimum atomic E-state index is -0.895.